The van der Waals surface area contributed by atoms with E-state index >= 15 is 0 Å². The highest BCUT2D eigenvalue weighted by molar-refractivity contribution is 8.48. The SMILES string of the molecule is C=Cc1ccccc1.CC(C)(SC(=S)SC(C)(C)C(=O)O)C(=O)O. The highest BCUT2D eigenvalue weighted by atomic mass is 32.2. The van der Waals surface area contributed by atoms with Crippen molar-refractivity contribution in [3.63, 3.8) is 0 Å². The number of hydrogen-bond donors (Lipinski definition) is 2. The Kier molecular flexibility index (Phi) is 9.32. The minimum atomic E-state index is -1.04. The number of aliphatic carboxylic acids is 2. The molecule has 0 atom stereocenters. The summed E-state index contributed by atoms with van der Waals surface area (Å²) >= 11 is 6.96. The second-order valence-corrected chi connectivity index (χ2v) is 10.1. The minimum absolute atomic E-state index is 0.319. The smallest absolute Gasteiger partial charge is 0.319 e. The fourth-order valence-electron chi connectivity index (χ4n) is 1.11. The molecular formula is C17H22O4S3. The predicted octanol–water partition coefficient (Wildman–Crippen LogP) is 4.79. The highest BCUT2D eigenvalue weighted by Crippen LogP contribution is 2.36. The molecule has 1 aromatic rings. The summed E-state index contributed by atoms with van der Waals surface area (Å²) in [4.78, 5) is 21.7. The molecule has 4 nitrogen and oxygen atoms in total. The summed E-state index contributed by atoms with van der Waals surface area (Å²) in [5, 5.41) is 17.8. The Morgan fingerprint density at radius 3 is 1.62 bits per heavy atom. The number of hydrogen-bond acceptors (Lipinski definition) is 5. The molecule has 24 heavy (non-hydrogen) atoms. The van der Waals surface area contributed by atoms with Gasteiger partial charge in [0.05, 0.1) is 0 Å². The third-order valence-corrected chi connectivity index (χ3v) is 5.45. The molecule has 0 unspecified atom stereocenters. The molecule has 1 aromatic carbocycles. The molecule has 0 fully saturated rings. The zero-order valence-electron chi connectivity index (χ0n) is 14.1. The second kappa shape index (κ2) is 9.86. The lowest BCUT2D eigenvalue weighted by molar-refractivity contribution is -0.139. The van der Waals surface area contributed by atoms with Crippen LogP contribution in [-0.4, -0.2) is 35.2 Å². The molecule has 0 aliphatic rings. The summed E-state index contributed by atoms with van der Waals surface area (Å²) in [6, 6.07) is 10.0. The van der Waals surface area contributed by atoms with Gasteiger partial charge in [0.15, 0.2) is 0 Å². The van der Waals surface area contributed by atoms with E-state index in [-0.39, 0.29) is 0 Å². The van der Waals surface area contributed by atoms with Crippen molar-refractivity contribution >= 4 is 57.3 Å². The molecule has 132 valence electrons. The van der Waals surface area contributed by atoms with Gasteiger partial charge < -0.3 is 10.2 Å². The monoisotopic (exact) mass is 386 g/mol. The molecule has 0 aliphatic carbocycles. The van der Waals surface area contributed by atoms with E-state index in [0.29, 0.717) is 3.53 Å². The van der Waals surface area contributed by atoms with Crippen molar-refractivity contribution in [3.05, 3.63) is 42.5 Å². The van der Waals surface area contributed by atoms with Gasteiger partial charge in [0, 0.05) is 0 Å². The van der Waals surface area contributed by atoms with Crippen molar-refractivity contribution < 1.29 is 19.8 Å². The van der Waals surface area contributed by atoms with Crippen molar-refractivity contribution in [3.8, 4) is 0 Å². The Labute approximate surface area is 156 Å². The van der Waals surface area contributed by atoms with E-state index in [9.17, 15) is 9.59 Å². The molecule has 0 spiro atoms. The molecule has 0 heterocycles. The maximum atomic E-state index is 10.8. The lowest BCUT2D eigenvalue weighted by atomic mass is 10.2. The molecule has 0 amide bonds. The van der Waals surface area contributed by atoms with E-state index in [0.717, 1.165) is 23.5 Å². The van der Waals surface area contributed by atoms with E-state index in [1.807, 2.05) is 36.4 Å². The van der Waals surface area contributed by atoms with Gasteiger partial charge >= 0.3 is 11.9 Å². The topological polar surface area (TPSA) is 74.6 Å². The number of carboxylic acid groups (broad SMARTS) is 2. The first kappa shape index (κ1) is 22.7. The lowest BCUT2D eigenvalue weighted by Crippen LogP contribution is -2.31. The molecule has 0 radical (unpaired) electrons. The number of benzene rings is 1. The third-order valence-electron chi connectivity index (χ3n) is 2.74. The van der Waals surface area contributed by atoms with Crippen molar-refractivity contribution in [1.82, 2.24) is 0 Å². The first-order valence-electron chi connectivity index (χ1n) is 6.98. The Hall–Kier alpha value is -1.31. The van der Waals surface area contributed by atoms with Crippen LogP contribution < -0.4 is 0 Å². The van der Waals surface area contributed by atoms with Crippen LogP contribution in [0.2, 0.25) is 0 Å². The van der Waals surface area contributed by atoms with E-state index in [4.69, 9.17) is 22.4 Å². The van der Waals surface area contributed by atoms with Crippen LogP contribution in [0.5, 0.6) is 0 Å². The summed E-state index contributed by atoms with van der Waals surface area (Å²) in [6.45, 7) is 9.74. The fourth-order valence-corrected chi connectivity index (χ4v) is 4.79. The van der Waals surface area contributed by atoms with E-state index in [1.54, 1.807) is 0 Å². The van der Waals surface area contributed by atoms with E-state index in [2.05, 4.69) is 6.58 Å². The Morgan fingerprint density at radius 2 is 1.38 bits per heavy atom. The molecular weight excluding hydrogens is 364 g/mol. The quantitative estimate of drug-likeness (QED) is 0.704. The molecule has 1 rings (SSSR count). The maximum absolute atomic E-state index is 10.8. The van der Waals surface area contributed by atoms with Crippen molar-refractivity contribution in [2.45, 2.75) is 37.2 Å². The zero-order chi connectivity index (χ0) is 19.0. The van der Waals surface area contributed by atoms with Crippen LogP contribution in [0, 0.1) is 0 Å². The first-order chi connectivity index (χ1) is 10.9. The van der Waals surface area contributed by atoms with Crippen molar-refractivity contribution in [1.29, 1.82) is 0 Å². The number of carboxylic acids is 2. The first-order valence-corrected chi connectivity index (χ1v) is 9.02. The van der Waals surface area contributed by atoms with Gasteiger partial charge in [-0.15, -0.1) is 0 Å². The van der Waals surface area contributed by atoms with Crippen LogP contribution in [0.1, 0.15) is 33.3 Å². The summed E-state index contributed by atoms with van der Waals surface area (Å²) in [6.07, 6.45) is 1.83. The van der Waals surface area contributed by atoms with Crippen LogP contribution in [0.3, 0.4) is 0 Å². The average molecular weight is 387 g/mol. The van der Waals surface area contributed by atoms with Gasteiger partial charge in [0.1, 0.15) is 13.0 Å². The van der Waals surface area contributed by atoms with Crippen LogP contribution >= 0.6 is 35.7 Å². The molecule has 0 aliphatic heterocycles. The average Bonchev–Trinajstić information content (AvgIpc) is 2.47. The predicted molar refractivity (Wildman–Crippen MR) is 108 cm³/mol. The Bertz CT molecular complexity index is 565. The molecule has 2 N–H and O–H groups in total. The van der Waals surface area contributed by atoms with Gasteiger partial charge in [-0.3, -0.25) is 9.59 Å². The standard InChI is InChI=1S/C9H14O4S3.C8H8/c1-8(2,5(10)11)15-7(14)16-9(3,4)6(12)13;1-2-8-6-4-3-5-7-8/h1-4H3,(H,10,11)(H,12,13);2-7H,1H2. The van der Waals surface area contributed by atoms with Crippen LogP contribution in [0.4, 0.5) is 0 Å². The van der Waals surface area contributed by atoms with Gasteiger partial charge in [-0.25, -0.2) is 0 Å². The third kappa shape index (κ3) is 8.52. The zero-order valence-corrected chi connectivity index (χ0v) is 16.6. The van der Waals surface area contributed by atoms with Crippen LogP contribution in [0.25, 0.3) is 6.08 Å². The normalized spacial score (nSPS) is 11.0. The van der Waals surface area contributed by atoms with E-state index < -0.39 is 21.4 Å². The summed E-state index contributed by atoms with van der Waals surface area (Å²) in [7, 11) is 0. The highest BCUT2D eigenvalue weighted by Gasteiger charge is 2.34. The summed E-state index contributed by atoms with van der Waals surface area (Å²) in [5.74, 6) is -1.96. The second-order valence-electron chi connectivity index (χ2n) is 5.70. The Morgan fingerprint density at radius 1 is 1.00 bits per heavy atom. The van der Waals surface area contributed by atoms with Gasteiger partial charge in [0.2, 0.25) is 0 Å². The number of rotatable bonds is 5. The molecule has 0 bridgehead atoms. The van der Waals surface area contributed by atoms with E-state index in [1.165, 1.54) is 33.3 Å². The summed E-state index contributed by atoms with van der Waals surface area (Å²) < 4.78 is -1.77. The minimum Gasteiger partial charge on any atom is -0.480 e. The van der Waals surface area contributed by atoms with Crippen LogP contribution in [-0.2, 0) is 9.59 Å². The molecule has 0 saturated carbocycles. The van der Waals surface area contributed by atoms with Gasteiger partial charge in [-0.2, -0.15) is 0 Å². The maximum Gasteiger partial charge on any atom is 0.319 e. The number of thioether (sulfide) groups is 2. The fraction of sp³-hybridized carbons (Fsp3) is 0.353. The van der Waals surface area contributed by atoms with Gasteiger partial charge in [-0.05, 0) is 33.3 Å². The van der Waals surface area contributed by atoms with Crippen molar-refractivity contribution in [2.75, 3.05) is 0 Å². The van der Waals surface area contributed by atoms with Crippen LogP contribution in [0.15, 0.2) is 36.9 Å². The van der Waals surface area contributed by atoms with Gasteiger partial charge in [0.25, 0.3) is 0 Å². The molecule has 7 heteroatoms. The number of carbonyl (C=O) groups is 2. The number of thiocarbonyl (C=S) groups is 1. The van der Waals surface area contributed by atoms with Crippen molar-refractivity contribution in [2.24, 2.45) is 0 Å². The summed E-state index contributed by atoms with van der Waals surface area (Å²) in [5.41, 5.74) is 1.17. The lowest BCUT2D eigenvalue weighted by Gasteiger charge is -2.22. The molecule has 0 saturated heterocycles. The van der Waals surface area contributed by atoms with Gasteiger partial charge in [-0.1, -0.05) is 78.7 Å². The largest absolute Gasteiger partial charge is 0.480 e. The molecule has 0 aromatic heterocycles. The Balaban J connectivity index is 0.000000546.